The number of anilines is 2. The number of nitrogens with zero attached hydrogens (tertiary/aromatic N) is 3. The Hall–Kier alpha value is -4.00. The van der Waals surface area contributed by atoms with Gasteiger partial charge in [0.05, 0.1) is 23.8 Å². The van der Waals surface area contributed by atoms with Crippen LogP contribution in [-0.2, 0) is 0 Å². The summed E-state index contributed by atoms with van der Waals surface area (Å²) in [5, 5.41) is 0.513. The van der Waals surface area contributed by atoms with Crippen molar-refractivity contribution in [1.82, 2.24) is 15.0 Å². The Labute approximate surface area is 160 Å². The van der Waals surface area contributed by atoms with Crippen LogP contribution < -0.4 is 16.2 Å². The summed E-state index contributed by atoms with van der Waals surface area (Å²) in [6, 6.07) is 14.8. The largest absolute Gasteiger partial charge is 0.497 e. The van der Waals surface area contributed by atoms with Gasteiger partial charge < -0.3 is 16.2 Å². The van der Waals surface area contributed by atoms with E-state index in [4.69, 9.17) is 16.2 Å². The fraction of sp³-hybridized carbons (Fsp3) is 0.0476. The van der Waals surface area contributed by atoms with Crippen molar-refractivity contribution >= 4 is 28.6 Å². The van der Waals surface area contributed by atoms with Gasteiger partial charge >= 0.3 is 0 Å². The fourth-order valence-corrected chi connectivity index (χ4v) is 3.69. The van der Waals surface area contributed by atoms with Crippen LogP contribution >= 0.6 is 0 Å². The maximum Gasteiger partial charge on any atom is 0.224 e. The van der Waals surface area contributed by atoms with E-state index >= 15 is 0 Å². The fourth-order valence-electron chi connectivity index (χ4n) is 3.69. The number of hydrogen-bond donors (Lipinski definition) is 2. The second-order valence-electron chi connectivity index (χ2n) is 6.48. The molecule has 1 aliphatic rings. The van der Waals surface area contributed by atoms with Gasteiger partial charge in [0.1, 0.15) is 11.6 Å². The summed E-state index contributed by atoms with van der Waals surface area (Å²) >= 11 is 0. The van der Waals surface area contributed by atoms with Gasteiger partial charge in [0.25, 0.3) is 0 Å². The van der Waals surface area contributed by atoms with Crippen molar-refractivity contribution in [3.05, 3.63) is 59.7 Å². The molecule has 2 aromatic heterocycles. The molecule has 0 radical (unpaired) electrons. The number of hydrogen-bond acceptors (Lipinski definition) is 7. The Kier molecular flexibility index (Phi) is 3.33. The van der Waals surface area contributed by atoms with Gasteiger partial charge in [0.2, 0.25) is 5.95 Å². The quantitative estimate of drug-likeness (QED) is 0.491. The van der Waals surface area contributed by atoms with Gasteiger partial charge in [-0.3, -0.25) is 4.79 Å². The highest BCUT2D eigenvalue weighted by molar-refractivity contribution is 6.27. The van der Waals surface area contributed by atoms with E-state index in [0.29, 0.717) is 39.2 Å². The number of nitrogens with two attached hydrogens (primary N) is 2. The summed E-state index contributed by atoms with van der Waals surface area (Å²) in [6.07, 6.45) is 0. The van der Waals surface area contributed by atoms with Crippen molar-refractivity contribution < 1.29 is 9.53 Å². The number of fused-ring (bicyclic) bond motifs is 4. The average Bonchev–Trinajstić information content (AvgIpc) is 2.99. The zero-order valence-electron chi connectivity index (χ0n) is 14.9. The van der Waals surface area contributed by atoms with Crippen LogP contribution in [0.4, 0.5) is 11.8 Å². The molecule has 7 heteroatoms. The Morgan fingerprint density at radius 1 is 0.857 bits per heavy atom. The molecule has 28 heavy (non-hydrogen) atoms. The van der Waals surface area contributed by atoms with Crippen molar-refractivity contribution in [2.45, 2.75) is 0 Å². The number of ether oxygens (including phenoxy) is 1. The molecule has 1 aliphatic carbocycles. The number of rotatable bonds is 2. The van der Waals surface area contributed by atoms with E-state index in [1.165, 1.54) is 0 Å². The third-order valence-corrected chi connectivity index (χ3v) is 4.92. The zero-order valence-corrected chi connectivity index (χ0v) is 14.9. The summed E-state index contributed by atoms with van der Waals surface area (Å²) < 4.78 is 5.25. The van der Waals surface area contributed by atoms with Crippen LogP contribution in [0.5, 0.6) is 5.75 Å². The van der Waals surface area contributed by atoms with E-state index in [0.717, 1.165) is 11.1 Å². The molecule has 0 fully saturated rings. The highest BCUT2D eigenvalue weighted by atomic mass is 16.5. The first kappa shape index (κ1) is 16.2. The minimum absolute atomic E-state index is 0.0377. The van der Waals surface area contributed by atoms with Crippen molar-refractivity contribution in [2.75, 3.05) is 18.6 Å². The Morgan fingerprint density at radius 3 is 2.29 bits per heavy atom. The highest BCUT2D eigenvalue weighted by Crippen LogP contribution is 2.44. The lowest BCUT2D eigenvalue weighted by Gasteiger charge is -2.13. The smallest absolute Gasteiger partial charge is 0.224 e. The van der Waals surface area contributed by atoms with Gasteiger partial charge in [-0.15, -0.1) is 0 Å². The van der Waals surface area contributed by atoms with E-state index in [1.54, 1.807) is 13.2 Å². The monoisotopic (exact) mass is 369 g/mol. The number of ketones is 1. The van der Waals surface area contributed by atoms with Crippen LogP contribution in [0.25, 0.3) is 33.4 Å². The van der Waals surface area contributed by atoms with Gasteiger partial charge in [0.15, 0.2) is 11.4 Å². The molecule has 0 unspecified atom stereocenters. The van der Waals surface area contributed by atoms with Crippen LogP contribution in [0.3, 0.4) is 0 Å². The van der Waals surface area contributed by atoms with Gasteiger partial charge in [0, 0.05) is 16.7 Å². The molecule has 0 bridgehead atoms. The highest BCUT2D eigenvalue weighted by Gasteiger charge is 2.33. The maximum atomic E-state index is 13.3. The average molecular weight is 369 g/mol. The minimum Gasteiger partial charge on any atom is -0.497 e. The third-order valence-electron chi connectivity index (χ3n) is 4.92. The van der Waals surface area contributed by atoms with E-state index in [2.05, 4.69) is 15.0 Å². The predicted octanol–water partition coefficient (Wildman–Crippen LogP) is 3.08. The molecule has 0 saturated heterocycles. The van der Waals surface area contributed by atoms with Gasteiger partial charge in [-0.2, -0.15) is 9.97 Å². The molecule has 4 N–H and O–H groups in total. The summed E-state index contributed by atoms with van der Waals surface area (Å²) in [7, 11) is 1.60. The Balaban J connectivity index is 1.94. The number of benzene rings is 2. The molecule has 0 spiro atoms. The summed E-state index contributed by atoms with van der Waals surface area (Å²) in [5.41, 5.74) is 16.3. The molecular formula is C21H15N5O2. The molecule has 7 nitrogen and oxygen atoms in total. The number of methoxy groups -OCH3 is 1. The lowest BCUT2D eigenvalue weighted by Crippen LogP contribution is -2.06. The number of pyridine rings is 1. The number of carbonyl (C=O) groups is 1. The second-order valence-corrected chi connectivity index (χ2v) is 6.48. The lowest BCUT2D eigenvalue weighted by molar-refractivity contribution is 0.104. The number of aromatic nitrogens is 3. The van der Waals surface area contributed by atoms with Crippen molar-refractivity contribution in [3.8, 4) is 28.1 Å². The molecular weight excluding hydrogens is 354 g/mol. The predicted molar refractivity (Wildman–Crippen MR) is 107 cm³/mol. The first-order valence-electron chi connectivity index (χ1n) is 8.63. The van der Waals surface area contributed by atoms with E-state index in [-0.39, 0.29) is 17.5 Å². The first-order valence-corrected chi connectivity index (χ1v) is 8.63. The molecule has 0 aliphatic heterocycles. The molecule has 0 amide bonds. The normalized spacial score (nSPS) is 12.1. The van der Waals surface area contributed by atoms with Crippen molar-refractivity contribution in [2.24, 2.45) is 0 Å². The summed E-state index contributed by atoms with van der Waals surface area (Å²) in [5.74, 6) is 0.840. The third kappa shape index (κ3) is 2.16. The lowest BCUT2D eigenvalue weighted by atomic mass is 9.94. The number of nitrogen functional groups attached to an aromatic ring is 2. The molecule has 4 aromatic rings. The van der Waals surface area contributed by atoms with Crippen LogP contribution in [-0.4, -0.2) is 27.8 Å². The van der Waals surface area contributed by atoms with Crippen molar-refractivity contribution in [1.29, 1.82) is 0 Å². The summed E-state index contributed by atoms with van der Waals surface area (Å²) in [4.78, 5) is 26.2. The van der Waals surface area contributed by atoms with Crippen LogP contribution in [0, 0.1) is 0 Å². The topological polar surface area (TPSA) is 117 Å². The molecule has 0 atom stereocenters. The first-order chi connectivity index (χ1) is 13.6. The SMILES string of the molecule is COc1ccc(-c2c3c(nc4nc(N)nc(N)c24)-c2ccccc2C3=O)cc1. The standard InChI is InChI=1S/C21H15N5O2/c1-28-11-8-6-10(7-9-11)14-15-17(12-4-2-3-5-13(12)18(15)27)24-20-16(14)19(22)25-21(23)26-20/h2-9H,1H3,(H4,22,23,24,25,26). The summed E-state index contributed by atoms with van der Waals surface area (Å²) in [6.45, 7) is 0. The number of carbonyl (C=O) groups excluding carboxylic acids is 1. The zero-order chi connectivity index (χ0) is 19.4. The Bertz CT molecular complexity index is 1280. The molecule has 2 heterocycles. The van der Waals surface area contributed by atoms with E-state index in [9.17, 15) is 4.79 Å². The van der Waals surface area contributed by atoms with Gasteiger partial charge in [-0.05, 0) is 17.7 Å². The molecule has 136 valence electrons. The van der Waals surface area contributed by atoms with E-state index in [1.807, 2.05) is 42.5 Å². The van der Waals surface area contributed by atoms with Crippen LogP contribution in [0.2, 0.25) is 0 Å². The molecule has 0 saturated carbocycles. The molecule has 5 rings (SSSR count). The van der Waals surface area contributed by atoms with Gasteiger partial charge in [-0.1, -0.05) is 36.4 Å². The van der Waals surface area contributed by atoms with Gasteiger partial charge in [-0.25, -0.2) is 4.98 Å². The molecule has 2 aromatic carbocycles. The maximum absolute atomic E-state index is 13.3. The minimum atomic E-state index is -0.0953. The second kappa shape index (κ2) is 5.75. The van der Waals surface area contributed by atoms with E-state index < -0.39 is 0 Å². The van der Waals surface area contributed by atoms with Crippen LogP contribution in [0.15, 0.2) is 48.5 Å². The van der Waals surface area contributed by atoms with Crippen molar-refractivity contribution in [3.63, 3.8) is 0 Å². The van der Waals surface area contributed by atoms with Crippen LogP contribution in [0.1, 0.15) is 15.9 Å². The Morgan fingerprint density at radius 2 is 1.57 bits per heavy atom.